The number of carboxylic acid groups (broad SMARTS) is 1. The SMILES string of the molecule is O=C(O)CCSCc1cccc(C(=O)N(c2ccc(N3CCCCC3)cc2)c2cc(C(=O)NCc3ccc(N4CCOCC4)cc3)ccn2)c1. The Morgan fingerprint density at radius 3 is 2.22 bits per heavy atom. The Kier molecular flexibility index (Phi) is 12.0. The highest BCUT2D eigenvalue weighted by Crippen LogP contribution is 2.30. The van der Waals surface area contributed by atoms with Crippen molar-refractivity contribution in [3.05, 3.63) is 113 Å². The van der Waals surface area contributed by atoms with Gasteiger partial charge in [0, 0.05) is 72.9 Å². The fourth-order valence-electron chi connectivity index (χ4n) is 6.20. The number of carboxylic acids is 1. The molecule has 2 N–H and O–H groups in total. The molecule has 4 aromatic rings. The molecule has 2 amide bonds. The van der Waals surface area contributed by atoms with Crippen LogP contribution in [0.1, 0.15) is 57.5 Å². The monoisotopic (exact) mass is 693 g/mol. The van der Waals surface area contributed by atoms with Gasteiger partial charge in [-0.05, 0) is 91.1 Å². The first kappa shape index (κ1) is 35.0. The summed E-state index contributed by atoms with van der Waals surface area (Å²) in [6, 6.07) is 26.8. The lowest BCUT2D eigenvalue weighted by molar-refractivity contribution is -0.136. The van der Waals surface area contributed by atoms with Gasteiger partial charge in [0.2, 0.25) is 0 Å². The van der Waals surface area contributed by atoms with Gasteiger partial charge >= 0.3 is 5.97 Å². The molecule has 2 aliphatic heterocycles. The number of ether oxygens (including phenoxy) is 1. The number of aromatic nitrogens is 1. The zero-order valence-corrected chi connectivity index (χ0v) is 28.9. The molecule has 0 atom stereocenters. The normalized spacial score (nSPS) is 14.6. The van der Waals surface area contributed by atoms with Crippen molar-refractivity contribution in [1.29, 1.82) is 0 Å². The van der Waals surface area contributed by atoms with E-state index in [-0.39, 0.29) is 18.2 Å². The smallest absolute Gasteiger partial charge is 0.304 e. The molecule has 0 saturated carbocycles. The van der Waals surface area contributed by atoms with Crippen LogP contribution >= 0.6 is 11.8 Å². The molecule has 2 saturated heterocycles. The number of anilines is 4. The van der Waals surface area contributed by atoms with Crippen molar-refractivity contribution >= 4 is 52.4 Å². The van der Waals surface area contributed by atoms with Crippen LogP contribution in [0.5, 0.6) is 0 Å². The Morgan fingerprint density at radius 2 is 1.50 bits per heavy atom. The molecule has 0 unspecified atom stereocenters. The van der Waals surface area contributed by atoms with Crippen molar-refractivity contribution in [2.75, 3.05) is 59.8 Å². The molecule has 2 fully saturated rings. The highest BCUT2D eigenvalue weighted by atomic mass is 32.2. The molecule has 2 aliphatic rings. The first-order valence-corrected chi connectivity index (χ1v) is 18.3. The summed E-state index contributed by atoms with van der Waals surface area (Å²) in [7, 11) is 0. The largest absolute Gasteiger partial charge is 0.481 e. The number of rotatable bonds is 13. The molecule has 50 heavy (non-hydrogen) atoms. The molecule has 6 rings (SSSR count). The Hall–Kier alpha value is -4.87. The van der Waals surface area contributed by atoms with E-state index in [2.05, 4.69) is 32.2 Å². The molecule has 10 nitrogen and oxygen atoms in total. The standard InChI is InChI=1S/C39H43N5O5S/c45-37(46)16-24-50-28-30-5-4-6-32(25-30)39(48)44(35-13-11-34(12-14-35)42-18-2-1-3-19-42)36-26-31(15-17-40-36)38(47)41-27-29-7-9-33(10-8-29)43-20-22-49-23-21-43/h4-15,17,25-26H,1-3,16,18-24,27-28H2,(H,41,47)(H,45,46). The van der Waals surface area contributed by atoms with Crippen LogP contribution in [0.15, 0.2) is 91.1 Å². The number of amides is 2. The summed E-state index contributed by atoms with van der Waals surface area (Å²) in [6.45, 7) is 5.55. The van der Waals surface area contributed by atoms with E-state index >= 15 is 0 Å². The van der Waals surface area contributed by atoms with E-state index in [4.69, 9.17) is 9.84 Å². The van der Waals surface area contributed by atoms with Gasteiger partial charge < -0.3 is 25.0 Å². The van der Waals surface area contributed by atoms with Crippen LogP contribution in [0, 0.1) is 0 Å². The number of pyridine rings is 1. The average molecular weight is 694 g/mol. The fraction of sp³-hybridized carbons (Fsp3) is 0.333. The van der Waals surface area contributed by atoms with E-state index in [1.807, 2.05) is 54.6 Å². The van der Waals surface area contributed by atoms with Gasteiger partial charge in [-0.3, -0.25) is 19.3 Å². The lowest BCUT2D eigenvalue weighted by Gasteiger charge is -2.29. The second-order valence-corrected chi connectivity index (χ2v) is 13.6. The number of aliphatic carboxylic acids is 1. The van der Waals surface area contributed by atoms with E-state index in [0.29, 0.717) is 40.7 Å². The summed E-state index contributed by atoms with van der Waals surface area (Å²) in [4.78, 5) is 49.4. The van der Waals surface area contributed by atoms with E-state index in [1.54, 1.807) is 29.3 Å². The molecule has 0 spiro atoms. The summed E-state index contributed by atoms with van der Waals surface area (Å²) < 4.78 is 5.46. The van der Waals surface area contributed by atoms with E-state index in [1.165, 1.54) is 18.2 Å². The van der Waals surface area contributed by atoms with Crippen molar-refractivity contribution in [2.24, 2.45) is 0 Å². The van der Waals surface area contributed by atoms with Gasteiger partial charge in [-0.1, -0.05) is 24.3 Å². The minimum Gasteiger partial charge on any atom is -0.481 e. The summed E-state index contributed by atoms with van der Waals surface area (Å²) in [5.41, 5.74) is 5.66. The summed E-state index contributed by atoms with van der Waals surface area (Å²) >= 11 is 1.51. The number of thioether (sulfide) groups is 1. The number of nitrogens with zero attached hydrogens (tertiary/aromatic N) is 4. The van der Waals surface area contributed by atoms with Gasteiger partial charge in [0.1, 0.15) is 5.82 Å². The number of piperidine rings is 1. The highest BCUT2D eigenvalue weighted by molar-refractivity contribution is 7.98. The quantitative estimate of drug-likeness (QED) is 0.151. The van der Waals surface area contributed by atoms with Crippen LogP contribution in [0.4, 0.5) is 22.9 Å². The second kappa shape index (κ2) is 17.2. The predicted octanol–water partition coefficient (Wildman–Crippen LogP) is 6.52. The van der Waals surface area contributed by atoms with E-state index < -0.39 is 5.97 Å². The minimum absolute atomic E-state index is 0.0846. The molecule has 3 heterocycles. The third-order valence-electron chi connectivity index (χ3n) is 8.94. The van der Waals surface area contributed by atoms with Gasteiger partial charge in [0.15, 0.2) is 0 Å². The van der Waals surface area contributed by atoms with Crippen molar-refractivity contribution in [2.45, 2.75) is 38.0 Å². The molecule has 0 bridgehead atoms. The summed E-state index contributed by atoms with van der Waals surface area (Å²) in [5, 5.41) is 12.0. The van der Waals surface area contributed by atoms with Gasteiger partial charge in [-0.25, -0.2) is 4.98 Å². The van der Waals surface area contributed by atoms with E-state index in [9.17, 15) is 14.4 Å². The predicted molar refractivity (Wildman–Crippen MR) is 199 cm³/mol. The first-order chi connectivity index (χ1) is 24.4. The van der Waals surface area contributed by atoms with Gasteiger partial charge in [-0.15, -0.1) is 0 Å². The molecule has 0 aliphatic carbocycles. The topological polar surface area (TPSA) is 115 Å². The summed E-state index contributed by atoms with van der Waals surface area (Å²) in [5.74, 6) is 0.0386. The van der Waals surface area contributed by atoms with Crippen LogP contribution in [0.2, 0.25) is 0 Å². The molecular formula is C39H43N5O5S. The van der Waals surface area contributed by atoms with Crippen molar-refractivity contribution in [3.63, 3.8) is 0 Å². The average Bonchev–Trinajstić information content (AvgIpc) is 3.17. The lowest BCUT2D eigenvalue weighted by Crippen LogP contribution is -2.36. The second-order valence-electron chi connectivity index (χ2n) is 12.5. The summed E-state index contributed by atoms with van der Waals surface area (Å²) in [6.07, 6.45) is 5.21. The van der Waals surface area contributed by atoms with Gasteiger partial charge in [0.25, 0.3) is 11.8 Å². The Bertz CT molecular complexity index is 1760. The zero-order chi connectivity index (χ0) is 34.7. The Labute approximate surface area is 297 Å². The van der Waals surface area contributed by atoms with Crippen LogP contribution < -0.4 is 20.0 Å². The molecule has 260 valence electrons. The number of nitrogens with one attached hydrogen (secondary N) is 1. The lowest BCUT2D eigenvalue weighted by atomic mass is 10.1. The fourth-order valence-corrected chi connectivity index (χ4v) is 7.08. The third-order valence-corrected chi connectivity index (χ3v) is 9.97. The van der Waals surface area contributed by atoms with E-state index in [0.717, 1.165) is 74.7 Å². The van der Waals surface area contributed by atoms with Crippen molar-refractivity contribution < 1.29 is 24.2 Å². The maximum atomic E-state index is 14.3. The molecule has 0 radical (unpaired) electrons. The maximum Gasteiger partial charge on any atom is 0.304 e. The number of carbonyl (C=O) groups excluding carboxylic acids is 2. The molecule has 1 aromatic heterocycles. The number of hydrogen-bond acceptors (Lipinski definition) is 8. The number of hydrogen-bond donors (Lipinski definition) is 2. The first-order valence-electron chi connectivity index (χ1n) is 17.2. The molecular weight excluding hydrogens is 651 g/mol. The van der Waals surface area contributed by atoms with Crippen LogP contribution in [0.25, 0.3) is 0 Å². The number of benzene rings is 3. The van der Waals surface area contributed by atoms with Crippen LogP contribution in [-0.2, 0) is 21.8 Å². The van der Waals surface area contributed by atoms with Crippen LogP contribution in [0.3, 0.4) is 0 Å². The van der Waals surface area contributed by atoms with Gasteiger partial charge in [0.05, 0.1) is 25.3 Å². The van der Waals surface area contributed by atoms with Crippen molar-refractivity contribution in [1.82, 2.24) is 10.3 Å². The highest BCUT2D eigenvalue weighted by Gasteiger charge is 2.23. The molecule has 11 heteroatoms. The minimum atomic E-state index is -0.829. The Morgan fingerprint density at radius 1 is 0.800 bits per heavy atom. The van der Waals surface area contributed by atoms with Crippen LogP contribution in [-0.4, -0.2) is 73.0 Å². The van der Waals surface area contributed by atoms with Crippen molar-refractivity contribution in [3.8, 4) is 0 Å². The number of carbonyl (C=O) groups is 3. The maximum absolute atomic E-state index is 14.3. The Balaban J connectivity index is 1.21. The zero-order valence-electron chi connectivity index (χ0n) is 28.1. The van der Waals surface area contributed by atoms with Gasteiger partial charge in [-0.2, -0.15) is 11.8 Å². The molecule has 3 aromatic carbocycles. The number of morpholine rings is 1. The third kappa shape index (κ3) is 9.22.